The number of aromatic nitrogens is 2. The molecule has 1 aromatic rings. The topological polar surface area (TPSA) is 113 Å². The van der Waals surface area contributed by atoms with E-state index in [-0.39, 0.29) is 23.2 Å². The largest absolute Gasteiger partial charge is 0.383 e. The fraction of sp³-hybridized carbons (Fsp3) is 0.444. The zero-order valence-electron chi connectivity index (χ0n) is 8.62. The summed E-state index contributed by atoms with van der Waals surface area (Å²) in [6.45, 7) is 0.666. The summed E-state index contributed by atoms with van der Waals surface area (Å²) in [6, 6.07) is -0.476. The molecule has 7 heteroatoms. The second-order valence-corrected chi connectivity index (χ2v) is 3.66. The molecular weight excluding hydrogens is 210 g/mol. The molecule has 16 heavy (non-hydrogen) atoms. The van der Waals surface area contributed by atoms with E-state index in [1.54, 1.807) is 0 Å². The quantitative estimate of drug-likeness (QED) is 0.515. The second-order valence-electron chi connectivity index (χ2n) is 3.66. The van der Waals surface area contributed by atoms with Gasteiger partial charge in [0.05, 0.1) is 6.20 Å². The number of hydrogen-bond donors (Lipinski definition) is 4. The highest BCUT2D eigenvalue weighted by atomic mass is 16.2. The van der Waals surface area contributed by atoms with Crippen LogP contribution >= 0.6 is 0 Å². The van der Waals surface area contributed by atoms with Crippen LogP contribution in [0.2, 0.25) is 0 Å². The van der Waals surface area contributed by atoms with Gasteiger partial charge in [0.1, 0.15) is 17.4 Å². The fourth-order valence-corrected chi connectivity index (χ4v) is 1.62. The maximum Gasteiger partial charge on any atom is 0.257 e. The third-order valence-corrected chi connectivity index (χ3v) is 2.50. The van der Waals surface area contributed by atoms with Crippen LogP contribution in [0.1, 0.15) is 23.2 Å². The highest BCUT2D eigenvalue weighted by molar-refractivity contribution is 6.00. The number of nitrogens with zero attached hydrogens (tertiary/aromatic N) is 1. The molecule has 1 fully saturated rings. The van der Waals surface area contributed by atoms with Crippen molar-refractivity contribution < 1.29 is 9.59 Å². The number of aromatic amines is 1. The second kappa shape index (κ2) is 4.21. The molecule has 0 aliphatic carbocycles. The average Bonchev–Trinajstić information content (AvgIpc) is 2.68. The van der Waals surface area contributed by atoms with Gasteiger partial charge in [-0.2, -0.15) is 5.10 Å². The normalized spacial score (nSPS) is 20.2. The van der Waals surface area contributed by atoms with Crippen LogP contribution in [0.25, 0.3) is 0 Å². The summed E-state index contributed by atoms with van der Waals surface area (Å²) < 4.78 is 0. The number of rotatable bonds is 2. The summed E-state index contributed by atoms with van der Waals surface area (Å²) in [6.07, 6.45) is 2.85. The first-order chi connectivity index (χ1) is 7.68. The van der Waals surface area contributed by atoms with Gasteiger partial charge in [-0.05, 0) is 12.8 Å². The minimum atomic E-state index is -0.476. The lowest BCUT2D eigenvalue weighted by Gasteiger charge is -2.22. The Morgan fingerprint density at radius 3 is 3.06 bits per heavy atom. The summed E-state index contributed by atoms with van der Waals surface area (Å²) >= 11 is 0. The van der Waals surface area contributed by atoms with Gasteiger partial charge in [0.2, 0.25) is 5.91 Å². The minimum absolute atomic E-state index is 0.151. The van der Waals surface area contributed by atoms with E-state index in [2.05, 4.69) is 20.8 Å². The first-order valence-corrected chi connectivity index (χ1v) is 5.06. The van der Waals surface area contributed by atoms with E-state index >= 15 is 0 Å². The third kappa shape index (κ3) is 1.97. The number of nitrogens with two attached hydrogens (primary N) is 1. The van der Waals surface area contributed by atoms with E-state index in [0.29, 0.717) is 13.0 Å². The van der Waals surface area contributed by atoms with Crippen molar-refractivity contribution in [2.45, 2.75) is 18.9 Å². The van der Waals surface area contributed by atoms with Crippen molar-refractivity contribution in [3.8, 4) is 0 Å². The first kappa shape index (κ1) is 10.5. The number of nitrogen functional groups attached to an aromatic ring is 1. The lowest BCUT2D eigenvalue weighted by Crippen LogP contribution is -2.50. The number of amides is 2. The van der Waals surface area contributed by atoms with Gasteiger partial charge in [-0.1, -0.05) is 0 Å². The smallest absolute Gasteiger partial charge is 0.257 e. The Kier molecular flexibility index (Phi) is 2.76. The molecule has 1 unspecified atom stereocenters. The molecular formula is C9H13N5O2. The zero-order valence-corrected chi connectivity index (χ0v) is 8.62. The van der Waals surface area contributed by atoms with Crippen molar-refractivity contribution in [3.63, 3.8) is 0 Å². The maximum absolute atomic E-state index is 11.7. The van der Waals surface area contributed by atoms with Crippen LogP contribution in [0.15, 0.2) is 6.20 Å². The lowest BCUT2D eigenvalue weighted by molar-refractivity contribution is -0.124. The summed E-state index contributed by atoms with van der Waals surface area (Å²) in [7, 11) is 0. The molecule has 1 atom stereocenters. The van der Waals surface area contributed by atoms with E-state index in [9.17, 15) is 9.59 Å². The van der Waals surface area contributed by atoms with Crippen molar-refractivity contribution in [1.29, 1.82) is 0 Å². The molecule has 0 saturated carbocycles. The van der Waals surface area contributed by atoms with E-state index in [1.807, 2.05) is 0 Å². The van der Waals surface area contributed by atoms with Crippen LogP contribution in [-0.2, 0) is 4.79 Å². The van der Waals surface area contributed by atoms with Gasteiger partial charge in [0.25, 0.3) is 5.91 Å². The Bertz CT molecular complexity index is 414. The first-order valence-electron chi connectivity index (χ1n) is 5.06. The van der Waals surface area contributed by atoms with Gasteiger partial charge < -0.3 is 16.4 Å². The van der Waals surface area contributed by atoms with Crippen LogP contribution in [-0.4, -0.2) is 34.6 Å². The molecule has 7 nitrogen and oxygen atoms in total. The van der Waals surface area contributed by atoms with Crippen LogP contribution in [0, 0.1) is 0 Å². The SMILES string of the molecule is Nc1[nH]ncc1C(=O)NC1CCCNC1=O. The van der Waals surface area contributed by atoms with Gasteiger partial charge in [-0.15, -0.1) is 0 Å². The fourth-order valence-electron chi connectivity index (χ4n) is 1.62. The van der Waals surface area contributed by atoms with Gasteiger partial charge >= 0.3 is 0 Å². The molecule has 86 valence electrons. The van der Waals surface area contributed by atoms with Crippen molar-refractivity contribution in [1.82, 2.24) is 20.8 Å². The minimum Gasteiger partial charge on any atom is -0.383 e. The summed E-state index contributed by atoms with van der Waals surface area (Å²) in [5.74, 6) is -0.330. The Balaban J connectivity index is 2.02. The van der Waals surface area contributed by atoms with Gasteiger partial charge in [-0.25, -0.2) is 0 Å². The van der Waals surface area contributed by atoms with Crippen molar-refractivity contribution in [2.24, 2.45) is 0 Å². The van der Waals surface area contributed by atoms with Crippen LogP contribution in [0.4, 0.5) is 5.82 Å². The van der Waals surface area contributed by atoms with E-state index < -0.39 is 6.04 Å². The van der Waals surface area contributed by atoms with E-state index in [0.717, 1.165) is 6.42 Å². The van der Waals surface area contributed by atoms with Gasteiger partial charge in [0.15, 0.2) is 0 Å². The van der Waals surface area contributed by atoms with Crippen LogP contribution in [0.5, 0.6) is 0 Å². The Morgan fingerprint density at radius 2 is 2.44 bits per heavy atom. The number of carbonyl (C=O) groups excluding carboxylic acids is 2. The van der Waals surface area contributed by atoms with E-state index in [4.69, 9.17) is 5.73 Å². The molecule has 2 amide bonds. The summed E-state index contributed by atoms with van der Waals surface area (Å²) in [4.78, 5) is 23.1. The van der Waals surface area contributed by atoms with Gasteiger partial charge in [-0.3, -0.25) is 14.7 Å². The van der Waals surface area contributed by atoms with Crippen molar-refractivity contribution in [3.05, 3.63) is 11.8 Å². The number of nitrogens with one attached hydrogen (secondary N) is 3. The number of anilines is 1. The Labute approximate surface area is 91.8 Å². The monoisotopic (exact) mass is 223 g/mol. The molecule has 0 aromatic carbocycles. The highest BCUT2D eigenvalue weighted by Crippen LogP contribution is 2.08. The summed E-state index contributed by atoms with van der Waals surface area (Å²) in [5, 5.41) is 11.4. The maximum atomic E-state index is 11.7. The van der Waals surface area contributed by atoms with Crippen molar-refractivity contribution >= 4 is 17.6 Å². The highest BCUT2D eigenvalue weighted by Gasteiger charge is 2.24. The predicted molar refractivity (Wildman–Crippen MR) is 56.5 cm³/mol. The molecule has 0 spiro atoms. The van der Waals surface area contributed by atoms with Gasteiger partial charge in [0, 0.05) is 6.54 Å². The Morgan fingerprint density at radius 1 is 1.62 bits per heavy atom. The molecule has 1 aliphatic rings. The number of piperidine rings is 1. The predicted octanol–water partition coefficient (Wildman–Crippen LogP) is -1.000. The van der Waals surface area contributed by atoms with Crippen LogP contribution < -0.4 is 16.4 Å². The Hall–Kier alpha value is -2.05. The number of H-pyrrole nitrogens is 1. The zero-order chi connectivity index (χ0) is 11.5. The number of carbonyl (C=O) groups is 2. The standard InChI is InChI=1S/C9H13N5O2/c10-7-5(4-12-14-7)8(15)13-6-2-1-3-11-9(6)16/h4,6H,1-3H2,(H,11,16)(H,13,15)(H3,10,12,14). The number of hydrogen-bond acceptors (Lipinski definition) is 4. The van der Waals surface area contributed by atoms with Crippen LogP contribution in [0.3, 0.4) is 0 Å². The third-order valence-electron chi connectivity index (χ3n) is 2.50. The molecule has 0 radical (unpaired) electrons. The lowest BCUT2D eigenvalue weighted by atomic mass is 10.1. The molecule has 5 N–H and O–H groups in total. The molecule has 0 bridgehead atoms. The molecule has 1 aromatic heterocycles. The molecule has 2 rings (SSSR count). The molecule has 2 heterocycles. The van der Waals surface area contributed by atoms with Crippen molar-refractivity contribution in [2.75, 3.05) is 12.3 Å². The molecule has 1 aliphatic heterocycles. The molecule has 1 saturated heterocycles. The summed E-state index contributed by atoms with van der Waals surface area (Å²) in [5.41, 5.74) is 5.76. The average molecular weight is 223 g/mol. The van der Waals surface area contributed by atoms with E-state index in [1.165, 1.54) is 6.20 Å².